The first-order valence-corrected chi connectivity index (χ1v) is 10.3. The molecule has 0 N–H and O–H groups in total. The van der Waals surface area contributed by atoms with Crippen molar-refractivity contribution in [3.05, 3.63) is 70.0 Å². The molecule has 3 rings (SSSR count). The zero-order valence-corrected chi connectivity index (χ0v) is 16.2. The minimum atomic E-state index is -0.760. The molecule has 146 valence electrons. The summed E-state index contributed by atoms with van der Waals surface area (Å²) in [6.07, 6.45) is 9.45. The second kappa shape index (κ2) is 9.43. The first-order chi connectivity index (χ1) is 13.1. The summed E-state index contributed by atoms with van der Waals surface area (Å²) in [5.74, 6) is -1.15. The van der Waals surface area contributed by atoms with Gasteiger partial charge >= 0.3 is 0 Å². The molecule has 3 heteroatoms. The summed E-state index contributed by atoms with van der Waals surface area (Å²) in [7, 11) is 0. The van der Waals surface area contributed by atoms with Gasteiger partial charge in [0.15, 0.2) is 11.6 Å². The molecule has 1 aliphatic carbocycles. The summed E-state index contributed by atoms with van der Waals surface area (Å²) < 4.78 is 41.6. The van der Waals surface area contributed by atoms with Gasteiger partial charge in [-0.25, -0.2) is 13.2 Å². The normalized spacial score (nSPS) is 16.4. The van der Waals surface area contributed by atoms with Gasteiger partial charge in [-0.3, -0.25) is 0 Å². The maximum absolute atomic E-state index is 14.4. The third kappa shape index (κ3) is 5.15. The van der Waals surface area contributed by atoms with Gasteiger partial charge in [-0.15, -0.1) is 0 Å². The molecule has 0 aromatic heterocycles. The Labute approximate surface area is 160 Å². The van der Waals surface area contributed by atoms with E-state index in [0.717, 1.165) is 48.8 Å². The van der Waals surface area contributed by atoms with Crippen molar-refractivity contribution < 1.29 is 13.2 Å². The molecule has 1 atom stereocenters. The van der Waals surface area contributed by atoms with Gasteiger partial charge in [-0.2, -0.15) is 0 Å². The SMILES string of the molecule is CCCCCCc1ccc(CCC2CCc3c(ccc(F)c3F)C2)c(F)c1. The van der Waals surface area contributed by atoms with Crippen LogP contribution in [0, 0.1) is 23.4 Å². The third-order valence-electron chi connectivity index (χ3n) is 5.86. The van der Waals surface area contributed by atoms with Crippen LogP contribution in [0.3, 0.4) is 0 Å². The van der Waals surface area contributed by atoms with Crippen molar-refractivity contribution in [1.82, 2.24) is 0 Å². The molecule has 0 saturated carbocycles. The fourth-order valence-electron chi connectivity index (χ4n) is 4.17. The molecule has 0 heterocycles. The van der Waals surface area contributed by atoms with Crippen LogP contribution in [0.4, 0.5) is 13.2 Å². The number of hydrogen-bond acceptors (Lipinski definition) is 0. The van der Waals surface area contributed by atoms with Gasteiger partial charge in [-0.05, 0) is 85.3 Å². The smallest absolute Gasteiger partial charge is 0.162 e. The van der Waals surface area contributed by atoms with Gasteiger partial charge in [0.05, 0.1) is 0 Å². The number of fused-ring (bicyclic) bond motifs is 1. The molecule has 0 spiro atoms. The Balaban J connectivity index is 1.53. The molecular formula is C24H29F3. The molecule has 0 radical (unpaired) electrons. The molecule has 2 aromatic carbocycles. The van der Waals surface area contributed by atoms with Gasteiger partial charge in [0.1, 0.15) is 5.82 Å². The van der Waals surface area contributed by atoms with Crippen molar-refractivity contribution in [2.75, 3.05) is 0 Å². The summed E-state index contributed by atoms with van der Waals surface area (Å²) in [4.78, 5) is 0. The van der Waals surface area contributed by atoms with Crippen LogP contribution in [0.15, 0.2) is 30.3 Å². The van der Waals surface area contributed by atoms with Crippen LogP contribution in [-0.2, 0) is 25.7 Å². The lowest BCUT2D eigenvalue weighted by Crippen LogP contribution is -2.17. The number of benzene rings is 2. The average Bonchev–Trinajstić information content (AvgIpc) is 2.67. The number of rotatable bonds is 8. The van der Waals surface area contributed by atoms with E-state index in [2.05, 4.69) is 13.0 Å². The molecule has 0 fully saturated rings. The Hall–Kier alpha value is -1.77. The number of halogens is 3. The van der Waals surface area contributed by atoms with E-state index >= 15 is 0 Å². The lowest BCUT2D eigenvalue weighted by molar-refractivity contribution is 0.407. The van der Waals surface area contributed by atoms with Crippen LogP contribution in [0.2, 0.25) is 0 Å². The first-order valence-electron chi connectivity index (χ1n) is 10.3. The second-order valence-corrected chi connectivity index (χ2v) is 7.88. The van der Waals surface area contributed by atoms with Gasteiger partial charge < -0.3 is 0 Å². The zero-order chi connectivity index (χ0) is 19.2. The van der Waals surface area contributed by atoms with Crippen LogP contribution in [0.25, 0.3) is 0 Å². The molecule has 0 nitrogen and oxygen atoms in total. The van der Waals surface area contributed by atoms with Crippen LogP contribution >= 0.6 is 0 Å². The summed E-state index contributed by atoms with van der Waals surface area (Å²) >= 11 is 0. The highest BCUT2D eigenvalue weighted by molar-refractivity contribution is 5.32. The molecule has 0 aliphatic heterocycles. The van der Waals surface area contributed by atoms with Gasteiger partial charge in [0.2, 0.25) is 0 Å². The molecular weight excluding hydrogens is 345 g/mol. The molecule has 27 heavy (non-hydrogen) atoms. The molecule has 2 aromatic rings. The third-order valence-corrected chi connectivity index (χ3v) is 5.86. The number of aryl methyl sites for hydroxylation is 2. The van der Waals surface area contributed by atoms with Crippen molar-refractivity contribution in [2.45, 2.75) is 71.1 Å². The fraction of sp³-hybridized carbons (Fsp3) is 0.500. The highest BCUT2D eigenvalue weighted by Crippen LogP contribution is 2.31. The van der Waals surface area contributed by atoms with E-state index < -0.39 is 11.6 Å². The van der Waals surface area contributed by atoms with Gasteiger partial charge in [-0.1, -0.05) is 44.4 Å². The van der Waals surface area contributed by atoms with E-state index in [9.17, 15) is 13.2 Å². The quantitative estimate of drug-likeness (QED) is 0.438. The summed E-state index contributed by atoms with van der Waals surface area (Å²) in [5.41, 5.74) is 3.29. The fourth-order valence-corrected chi connectivity index (χ4v) is 4.17. The highest BCUT2D eigenvalue weighted by Gasteiger charge is 2.23. The first kappa shape index (κ1) is 20.0. The molecule has 0 saturated heterocycles. The van der Waals surface area contributed by atoms with E-state index in [0.29, 0.717) is 24.3 Å². The van der Waals surface area contributed by atoms with Gasteiger partial charge in [0.25, 0.3) is 0 Å². The molecule has 1 unspecified atom stereocenters. The van der Waals surface area contributed by atoms with Crippen molar-refractivity contribution in [1.29, 1.82) is 0 Å². The van der Waals surface area contributed by atoms with E-state index in [-0.39, 0.29) is 5.82 Å². The van der Waals surface area contributed by atoms with Crippen molar-refractivity contribution in [3.8, 4) is 0 Å². The monoisotopic (exact) mass is 374 g/mol. The Bertz CT molecular complexity index is 766. The largest absolute Gasteiger partial charge is 0.207 e. The zero-order valence-electron chi connectivity index (χ0n) is 16.2. The van der Waals surface area contributed by atoms with Crippen molar-refractivity contribution in [3.63, 3.8) is 0 Å². The minimum Gasteiger partial charge on any atom is -0.207 e. The van der Waals surface area contributed by atoms with Gasteiger partial charge in [0, 0.05) is 0 Å². The average molecular weight is 374 g/mol. The van der Waals surface area contributed by atoms with E-state index in [1.54, 1.807) is 12.1 Å². The van der Waals surface area contributed by atoms with E-state index in [1.807, 2.05) is 6.07 Å². The standard InChI is InChI=1S/C24H29F3/c1-2-3-4-5-6-17-7-10-19(23(26)16-17)11-8-18-9-13-21-20(15-18)12-14-22(25)24(21)27/h7,10,12,14,16,18H,2-6,8-9,11,13,15H2,1H3. The van der Waals surface area contributed by atoms with Crippen LogP contribution < -0.4 is 0 Å². The maximum Gasteiger partial charge on any atom is 0.162 e. The molecule has 1 aliphatic rings. The second-order valence-electron chi connectivity index (χ2n) is 7.88. The molecule has 0 bridgehead atoms. The van der Waals surface area contributed by atoms with Crippen molar-refractivity contribution >= 4 is 0 Å². The Morgan fingerprint density at radius 1 is 0.926 bits per heavy atom. The van der Waals surface area contributed by atoms with E-state index in [4.69, 9.17) is 0 Å². The lowest BCUT2D eigenvalue weighted by Gasteiger charge is -2.25. The highest BCUT2D eigenvalue weighted by atomic mass is 19.2. The Morgan fingerprint density at radius 3 is 2.56 bits per heavy atom. The molecule has 0 amide bonds. The summed E-state index contributed by atoms with van der Waals surface area (Å²) in [6.45, 7) is 2.19. The van der Waals surface area contributed by atoms with Crippen LogP contribution in [0.1, 0.15) is 67.7 Å². The number of hydrogen-bond donors (Lipinski definition) is 0. The maximum atomic E-state index is 14.4. The topological polar surface area (TPSA) is 0 Å². The predicted molar refractivity (Wildman–Crippen MR) is 104 cm³/mol. The lowest BCUT2D eigenvalue weighted by atomic mass is 9.81. The van der Waals surface area contributed by atoms with Crippen molar-refractivity contribution in [2.24, 2.45) is 5.92 Å². The van der Waals surface area contributed by atoms with Crippen LogP contribution in [0.5, 0.6) is 0 Å². The Kier molecular flexibility index (Phi) is 6.98. The summed E-state index contributed by atoms with van der Waals surface area (Å²) in [6, 6.07) is 8.59. The van der Waals surface area contributed by atoms with Crippen LogP contribution in [-0.4, -0.2) is 0 Å². The minimum absolute atomic E-state index is 0.104. The number of unbranched alkanes of at least 4 members (excludes halogenated alkanes) is 3. The Morgan fingerprint density at radius 2 is 1.78 bits per heavy atom. The summed E-state index contributed by atoms with van der Waals surface area (Å²) in [5, 5.41) is 0. The van der Waals surface area contributed by atoms with E-state index in [1.165, 1.54) is 25.3 Å². The predicted octanol–water partition coefficient (Wildman–Crippen LogP) is 6.96.